The number of allylic oxidation sites excluding steroid dienone is 1. The quantitative estimate of drug-likeness (QED) is 0.116. The van der Waals surface area contributed by atoms with Crippen LogP contribution < -0.4 is 10.6 Å². The molecule has 0 spiro atoms. The first kappa shape index (κ1) is 40.5. The Labute approximate surface area is 311 Å². The summed E-state index contributed by atoms with van der Waals surface area (Å²) < 4.78 is 0. The second-order valence-corrected chi connectivity index (χ2v) is 20.6. The summed E-state index contributed by atoms with van der Waals surface area (Å²) in [6.45, 7) is 26.6. The van der Waals surface area contributed by atoms with Crippen molar-refractivity contribution in [3.8, 4) is 0 Å². The number of nitrogens with one attached hydrogen (secondary N) is 2. The summed E-state index contributed by atoms with van der Waals surface area (Å²) in [5.41, 5.74) is 1.24. The first-order valence-electron chi connectivity index (χ1n) is 21.2. The third-order valence-corrected chi connectivity index (χ3v) is 17.1. The number of carbonyl (C=O) groups excluding carboxylic acids is 2. The van der Waals surface area contributed by atoms with Crippen molar-refractivity contribution >= 4 is 17.7 Å². The molecule has 0 bridgehead atoms. The van der Waals surface area contributed by atoms with E-state index in [0.29, 0.717) is 29.6 Å². The van der Waals surface area contributed by atoms with Crippen LogP contribution in [0.1, 0.15) is 171 Å². The van der Waals surface area contributed by atoms with E-state index in [2.05, 4.69) is 58.8 Å². The molecule has 3 N–H and O–H groups in total. The van der Waals surface area contributed by atoms with E-state index in [1.165, 1.54) is 89.0 Å². The summed E-state index contributed by atoms with van der Waals surface area (Å²) in [5, 5.41) is 17.0. The van der Waals surface area contributed by atoms with E-state index in [4.69, 9.17) is 0 Å². The highest BCUT2D eigenvalue weighted by atomic mass is 16.4. The number of hydrogen-bond acceptors (Lipinski definition) is 4. The van der Waals surface area contributed by atoms with Crippen molar-refractivity contribution < 1.29 is 19.5 Å². The number of hydrogen-bond donors (Lipinski definition) is 3. The van der Waals surface area contributed by atoms with E-state index in [1.807, 2.05) is 0 Å². The lowest BCUT2D eigenvalue weighted by Gasteiger charge is -2.73. The highest BCUT2D eigenvalue weighted by Crippen LogP contribution is 2.77. The Kier molecular flexibility index (Phi) is 11.8. The fourth-order valence-electron chi connectivity index (χ4n) is 14.2. The highest BCUT2D eigenvalue weighted by molar-refractivity contribution is 5.87. The van der Waals surface area contributed by atoms with Crippen LogP contribution in [0.4, 0.5) is 0 Å². The van der Waals surface area contributed by atoms with Crippen LogP contribution in [-0.4, -0.2) is 41.4 Å². The Morgan fingerprint density at radius 3 is 2.02 bits per heavy atom. The van der Waals surface area contributed by atoms with Crippen LogP contribution in [0.3, 0.4) is 0 Å². The third-order valence-electron chi connectivity index (χ3n) is 17.1. The maximum Gasteiger partial charge on any atom is 0.309 e. The molecule has 0 aromatic carbocycles. The first-order valence-corrected chi connectivity index (χ1v) is 21.2. The Hall–Kier alpha value is -1.69. The minimum atomic E-state index is -1.02. The SMILES string of the molecule is C=C(C)[C@@H]1CC[C@]2(NCCCCCCCCNC(C)=O)CC[C@]3(C)C(CCC4[C@@]5(C)CC[C@H](C(=O)CC(C)(C)C(=O)O)C(C)(C)C5CC[C@]43C)C12. The number of fused-ring (bicyclic) bond motifs is 7. The molecule has 5 aliphatic rings. The van der Waals surface area contributed by atoms with Crippen LogP contribution in [0.15, 0.2) is 12.2 Å². The average Bonchev–Trinajstić information content (AvgIpc) is 3.41. The molecule has 0 aliphatic heterocycles. The first-order chi connectivity index (χ1) is 23.8. The normalized spacial score (nSPS) is 39.9. The lowest BCUT2D eigenvalue weighted by molar-refractivity contribution is -0.237. The van der Waals surface area contributed by atoms with Gasteiger partial charge in [0.15, 0.2) is 0 Å². The van der Waals surface area contributed by atoms with E-state index in [-0.39, 0.29) is 51.2 Å². The van der Waals surface area contributed by atoms with Crippen molar-refractivity contribution in [2.75, 3.05) is 13.1 Å². The van der Waals surface area contributed by atoms with Gasteiger partial charge in [0.25, 0.3) is 0 Å². The summed E-state index contributed by atoms with van der Waals surface area (Å²) in [5.74, 6) is 2.41. The molecule has 10 atom stereocenters. The maximum absolute atomic E-state index is 13.8. The minimum Gasteiger partial charge on any atom is -0.481 e. The molecule has 5 rings (SSSR count). The second kappa shape index (κ2) is 14.9. The topological polar surface area (TPSA) is 95.5 Å². The maximum atomic E-state index is 13.8. The van der Waals surface area contributed by atoms with E-state index in [1.54, 1.807) is 20.8 Å². The summed E-state index contributed by atoms with van der Waals surface area (Å²) in [7, 11) is 0. The van der Waals surface area contributed by atoms with Gasteiger partial charge in [-0.1, -0.05) is 72.5 Å². The molecule has 0 heterocycles. The fraction of sp³-hybridized carbons (Fsp3) is 0.889. The molecule has 290 valence electrons. The van der Waals surface area contributed by atoms with Crippen molar-refractivity contribution in [1.82, 2.24) is 10.6 Å². The number of carboxylic acids is 1. The molecule has 5 saturated carbocycles. The number of unbranched alkanes of at least 4 members (excludes halogenated alkanes) is 5. The molecule has 0 aromatic rings. The molecule has 0 radical (unpaired) electrons. The number of carbonyl (C=O) groups is 3. The van der Waals surface area contributed by atoms with Gasteiger partial charge < -0.3 is 15.7 Å². The number of rotatable bonds is 15. The standard InChI is InChI=1S/C45H76N2O4/c1-30(2)32-19-24-45(47-28-16-14-12-11-13-15-27-46-31(3)48)26-25-43(9)34(38(32)45)17-18-37-42(8)22-20-33(35(49)29-40(4,5)39(50)51)41(6,7)36(42)21-23-44(37,43)10/h32-34,36-38,47H,1,11-29H2,2-10H3,(H,46,48)(H,50,51)/t32-,33+,34?,36?,37?,38?,42-,43+,44+,45-/m0/s1. The molecule has 0 saturated heterocycles. The van der Waals surface area contributed by atoms with Crippen molar-refractivity contribution in [3.63, 3.8) is 0 Å². The molecule has 5 aliphatic carbocycles. The number of amides is 1. The minimum absolute atomic E-state index is 0.0586. The zero-order valence-electron chi connectivity index (χ0n) is 34.3. The van der Waals surface area contributed by atoms with Gasteiger partial charge in [0.1, 0.15) is 5.78 Å². The van der Waals surface area contributed by atoms with Crippen LogP contribution >= 0.6 is 0 Å². The van der Waals surface area contributed by atoms with E-state index in [0.717, 1.165) is 32.4 Å². The number of aliphatic carboxylic acids is 1. The van der Waals surface area contributed by atoms with Gasteiger partial charge in [0, 0.05) is 31.3 Å². The van der Waals surface area contributed by atoms with Gasteiger partial charge >= 0.3 is 5.97 Å². The van der Waals surface area contributed by atoms with Gasteiger partial charge in [0.2, 0.25) is 5.91 Å². The summed E-state index contributed by atoms with van der Waals surface area (Å²) in [6.07, 6.45) is 19.6. The van der Waals surface area contributed by atoms with Crippen molar-refractivity contribution in [2.24, 2.45) is 62.6 Å². The Balaban J connectivity index is 1.28. The zero-order chi connectivity index (χ0) is 37.6. The van der Waals surface area contributed by atoms with Crippen LogP contribution in [0, 0.1) is 62.6 Å². The van der Waals surface area contributed by atoms with Crippen molar-refractivity contribution in [2.45, 2.75) is 177 Å². The van der Waals surface area contributed by atoms with Gasteiger partial charge in [-0.2, -0.15) is 0 Å². The van der Waals surface area contributed by atoms with Gasteiger partial charge in [-0.15, -0.1) is 0 Å². The fourth-order valence-corrected chi connectivity index (χ4v) is 14.2. The van der Waals surface area contributed by atoms with Gasteiger partial charge in [-0.25, -0.2) is 0 Å². The number of Topliss-reactive ketones (excluding diaryl/α,β-unsaturated/α-hetero) is 1. The lowest BCUT2D eigenvalue weighted by Crippen LogP contribution is -2.68. The van der Waals surface area contributed by atoms with Crippen molar-refractivity contribution in [1.29, 1.82) is 0 Å². The van der Waals surface area contributed by atoms with Crippen molar-refractivity contribution in [3.05, 3.63) is 12.2 Å². The average molecular weight is 709 g/mol. The summed E-state index contributed by atoms with van der Waals surface area (Å²) in [6, 6.07) is 0. The smallest absolute Gasteiger partial charge is 0.309 e. The van der Waals surface area contributed by atoms with Gasteiger partial charge in [-0.05, 0) is 156 Å². The Morgan fingerprint density at radius 1 is 0.745 bits per heavy atom. The molecular weight excluding hydrogens is 633 g/mol. The molecular formula is C45H76N2O4. The predicted octanol–water partition coefficient (Wildman–Crippen LogP) is 10.1. The van der Waals surface area contributed by atoms with E-state index >= 15 is 0 Å². The molecule has 5 fully saturated rings. The van der Waals surface area contributed by atoms with Gasteiger partial charge in [-0.3, -0.25) is 14.4 Å². The van der Waals surface area contributed by atoms with E-state index in [9.17, 15) is 19.5 Å². The lowest BCUT2D eigenvalue weighted by atomic mass is 9.32. The molecule has 1 amide bonds. The van der Waals surface area contributed by atoms with Crippen LogP contribution in [0.25, 0.3) is 0 Å². The highest BCUT2D eigenvalue weighted by Gasteiger charge is 2.71. The number of carboxylic acid groups (broad SMARTS) is 1. The molecule has 6 heteroatoms. The largest absolute Gasteiger partial charge is 0.481 e. The second-order valence-electron chi connectivity index (χ2n) is 20.6. The van der Waals surface area contributed by atoms with Crippen LogP contribution in [0.2, 0.25) is 0 Å². The third kappa shape index (κ3) is 7.16. The zero-order valence-corrected chi connectivity index (χ0v) is 34.3. The molecule has 0 aromatic heterocycles. The Bertz CT molecular complexity index is 1320. The molecule has 51 heavy (non-hydrogen) atoms. The van der Waals surface area contributed by atoms with E-state index < -0.39 is 11.4 Å². The van der Waals surface area contributed by atoms with Crippen LogP contribution in [-0.2, 0) is 14.4 Å². The van der Waals surface area contributed by atoms with Gasteiger partial charge in [0.05, 0.1) is 5.41 Å². The predicted molar refractivity (Wildman–Crippen MR) is 208 cm³/mol. The number of ketones is 1. The summed E-state index contributed by atoms with van der Waals surface area (Å²) in [4.78, 5) is 36.9. The Morgan fingerprint density at radius 2 is 1.39 bits per heavy atom. The molecule has 4 unspecified atom stereocenters. The van der Waals surface area contributed by atoms with Crippen LogP contribution in [0.5, 0.6) is 0 Å². The monoisotopic (exact) mass is 709 g/mol. The summed E-state index contributed by atoms with van der Waals surface area (Å²) >= 11 is 0. The molecule has 6 nitrogen and oxygen atoms in total.